The molecule has 1 aromatic heterocycles. The minimum atomic E-state index is -0.0289. The van der Waals surface area contributed by atoms with Crippen LogP contribution in [0.25, 0.3) is 0 Å². The molecule has 1 rings (SSSR count). The molecule has 0 saturated heterocycles. The van der Waals surface area contributed by atoms with Crippen LogP contribution in [-0.4, -0.2) is 36.5 Å². The molecule has 0 aliphatic heterocycles. The second kappa shape index (κ2) is 7.16. The lowest BCUT2D eigenvalue weighted by Crippen LogP contribution is -2.29. The van der Waals surface area contributed by atoms with E-state index in [-0.39, 0.29) is 5.56 Å². The Balaban J connectivity index is 2.71. The van der Waals surface area contributed by atoms with Crippen LogP contribution in [0.2, 0.25) is 0 Å². The Morgan fingerprint density at radius 2 is 2.28 bits per heavy atom. The van der Waals surface area contributed by atoms with Crippen molar-refractivity contribution >= 4 is 5.69 Å². The number of anilines is 1. The highest BCUT2D eigenvalue weighted by atomic mass is 16.1. The Hall–Kier alpha value is -1.36. The fraction of sp³-hybridized carbons (Fsp3) is 0.692. The zero-order chi connectivity index (χ0) is 13.5. The largest absolute Gasteiger partial charge is 0.373 e. The average molecular weight is 252 g/mol. The third-order valence-electron chi connectivity index (χ3n) is 3.12. The van der Waals surface area contributed by atoms with Gasteiger partial charge in [-0.2, -0.15) is 5.10 Å². The predicted octanol–water partition coefficient (Wildman–Crippen LogP) is 1.09. The Morgan fingerprint density at radius 3 is 2.83 bits per heavy atom. The molecule has 0 aromatic carbocycles. The summed E-state index contributed by atoms with van der Waals surface area (Å²) < 4.78 is 1.52. The number of hydrogen-bond acceptors (Lipinski definition) is 4. The quantitative estimate of drug-likeness (QED) is 0.789. The predicted molar refractivity (Wildman–Crippen MR) is 75.2 cm³/mol. The van der Waals surface area contributed by atoms with E-state index >= 15 is 0 Å². The van der Waals surface area contributed by atoms with Crippen LogP contribution in [0.3, 0.4) is 0 Å². The molecule has 18 heavy (non-hydrogen) atoms. The van der Waals surface area contributed by atoms with E-state index in [0.717, 1.165) is 25.1 Å². The van der Waals surface area contributed by atoms with E-state index in [4.69, 9.17) is 0 Å². The molecule has 1 N–H and O–H groups in total. The monoisotopic (exact) mass is 252 g/mol. The van der Waals surface area contributed by atoms with Gasteiger partial charge in [0.2, 0.25) is 0 Å². The van der Waals surface area contributed by atoms with Gasteiger partial charge in [-0.15, -0.1) is 0 Å². The summed E-state index contributed by atoms with van der Waals surface area (Å²) in [5, 5.41) is 7.37. The fourth-order valence-electron chi connectivity index (χ4n) is 1.73. The van der Waals surface area contributed by atoms with Crippen molar-refractivity contribution in [3.05, 3.63) is 22.6 Å². The van der Waals surface area contributed by atoms with Crippen LogP contribution in [0, 0.1) is 0 Å². The molecule has 0 spiro atoms. The van der Waals surface area contributed by atoms with Crippen LogP contribution in [-0.2, 0) is 6.54 Å². The average Bonchev–Trinajstić information content (AvgIpc) is 2.37. The summed E-state index contributed by atoms with van der Waals surface area (Å²) in [6, 6.07) is 2.05. The third-order valence-corrected chi connectivity index (χ3v) is 3.12. The molecule has 0 radical (unpaired) electrons. The van der Waals surface area contributed by atoms with Gasteiger partial charge in [0.25, 0.3) is 5.56 Å². The van der Waals surface area contributed by atoms with Gasteiger partial charge in [-0.1, -0.05) is 6.92 Å². The van der Waals surface area contributed by atoms with Crippen molar-refractivity contribution in [1.82, 2.24) is 15.1 Å². The minimum Gasteiger partial charge on any atom is -0.373 e. The van der Waals surface area contributed by atoms with Crippen LogP contribution in [0.4, 0.5) is 5.69 Å². The van der Waals surface area contributed by atoms with Gasteiger partial charge >= 0.3 is 0 Å². The Morgan fingerprint density at radius 1 is 1.56 bits per heavy atom. The first-order valence-corrected chi connectivity index (χ1v) is 6.54. The van der Waals surface area contributed by atoms with Crippen molar-refractivity contribution < 1.29 is 0 Å². The third kappa shape index (κ3) is 4.14. The molecule has 5 heteroatoms. The molecular formula is C13H24N4O. The van der Waals surface area contributed by atoms with E-state index in [2.05, 4.69) is 29.2 Å². The van der Waals surface area contributed by atoms with Gasteiger partial charge in [0.05, 0.1) is 11.9 Å². The lowest BCUT2D eigenvalue weighted by molar-refractivity contribution is 0.471. The van der Waals surface area contributed by atoms with E-state index < -0.39 is 0 Å². The maximum Gasteiger partial charge on any atom is 0.268 e. The van der Waals surface area contributed by atoms with Gasteiger partial charge in [0.1, 0.15) is 0 Å². The molecule has 0 aliphatic carbocycles. The number of nitrogens with one attached hydrogen (secondary N) is 1. The zero-order valence-corrected chi connectivity index (χ0v) is 11.8. The molecule has 0 fully saturated rings. The normalized spacial score (nSPS) is 12.4. The highest BCUT2D eigenvalue weighted by Gasteiger charge is 2.05. The van der Waals surface area contributed by atoms with Crippen molar-refractivity contribution in [2.45, 2.75) is 39.3 Å². The molecule has 0 amide bonds. The van der Waals surface area contributed by atoms with Crippen molar-refractivity contribution in [2.75, 3.05) is 25.5 Å². The van der Waals surface area contributed by atoms with Gasteiger partial charge < -0.3 is 10.2 Å². The number of nitrogens with zero attached hydrogens (tertiary/aromatic N) is 3. The standard InChI is InChI=1S/C13H24N4O/c1-5-7-16(4)12-9-13(18)17(15-10-12)8-6-11(2)14-3/h9-11,14H,5-8H2,1-4H3. The van der Waals surface area contributed by atoms with E-state index in [0.29, 0.717) is 12.6 Å². The van der Waals surface area contributed by atoms with Gasteiger partial charge in [0, 0.05) is 32.2 Å². The van der Waals surface area contributed by atoms with Crippen LogP contribution in [0.5, 0.6) is 0 Å². The summed E-state index contributed by atoms with van der Waals surface area (Å²) in [5.41, 5.74) is 0.860. The molecule has 0 bridgehead atoms. The second-order valence-electron chi connectivity index (χ2n) is 4.68. The van der Waals surface area contributed by atoms with Gasteiger partial charge in [-0.25, -0.2) is 4.68 Å². The number of aromatic nitrogens is 2. The SMILES string of the molecule is CCCN(C)c1cnn(CCC(C)NC)c(=O)c1. The first kappa shape index (κ1) is 14.7. The molecule has 0 aliphatic rings. The molecule has 1 heterocycles. The van der Waals surface area contributed by atoms with E-state index in [1.165, 1.54) is 4.68 Å². The summed E-state index contributed by atoms with van der Waals surface area (Å²) in [7, 11) is 3.90. The van der Waals surface area contributed by atoms with Crippen LogP contribution in [0.15, 0.2) is 17.1 Å². The van der Waals surface area contributed by atoms with Crippen molar-refractivity contribution in [3.63, 3.8) is 0 Å². The number of aryl methyl sites for hydroxylation is 1. The molecule has 102 valence electrons. The Labute approximate surface area is 109 Å². The summed E-state index contributed by atoms with van der Waals surface area (Å²) in [6.45, 7) is 5.79. The zero-order valence-electron chi connectivity index (χ0n) is 11.8. The van der Waals surface area contributed by atoms with Crippen molar-refractivity contribution in [3.8, 4) is 0 Å². The summed E-state index contributed by atoms with van der Waals surface area (Å²) >= 11 is 0. The van der Waals surface area contributed by atoms with Gasteiger partial charge in [-0.3, -0.25) is 4.79 Å². The highest BCUT2D eigenvalue weighted by Crippen LogP contribution is 2.07. The van der Waals surface area contributed by atoms with Crippen LogP contribution < -0.4 is 15.8 Å². The molecule has 1 atom stereocenters. The summed E-state index contributed by atoms with van der Waals surface area (Å²) in [6.07, 6.45) is 3.72. The first-order valence-electron chi connectivity index (χ1n) is 6.54. The van der Waals surface area contributed by atoms with E-state index in [1.807, 2.05) is 14.1 Å². The van der Waals surface area contributed by atoms with Gasteiger partial charge in [0.15, 0.2) is 0 Å². The summed E-state index contributed by atoms with van der Waals surface area (Å²) in [4.78, 5) is 14.0. The smallest absolute Gasteiger partial charge is 0.268 e. The lowest BCUT2D eigenvalue weighted by Gasteiger charge is -2.18. The maximum absolute atomic E-state index is 11.9. The molecule has 1 aromatic rings. The molecule has 5 nitrogen and oxygen atoms in total. The molecular weight excluding hydrogens is 228 g/mol. The van der Waals surface area contributed by atoms with Crippen molar-refractivity contribution in [1.29, 1.82) is 0 Å². The topological polar surface area (TPSA) is 50.2 Å². The van der Waals surface area contributed by atoms with Crippen LogP contribution in [0.1, 0.15) is 26.7 Å². The first-order chi connectivity index (χ1) is 8.58. The van der Waals surface area contributed by atoms with E-state index in [1.54, 1.807) is 12.3 Å². The highest BCUT2D eigenvalue weighted by molar-refractivity contribution is 5.41. The van der Waals surface area contributed by atoms with Crippen molar-refractivity contribution in [2.24, 2.45) is 0 Å². The second-order valence-corrected chi connectivity index (χ2v) is 4.68. The Kier molecular flexibility index (Phi) is 5.85. The summed E-state index contributed by atoms with van der Waals surface area (Å²) in [5.74, 6) is 0. The number of rotatable bonds is 7. The molecule has 1 unspecified atom stereocenters. The van der Waals surface area contributed by atoms with E-state index in [9.17, 15) is 4.79 Å². The van der Waals surface area contributed by atoms with Gasteiger partial charge in [-0.05, 0) is 26.8 Å². The number of hydrogen-bond donors (Lipinski definition) is 1. The minimum absolute atomic E-state index is 0.0289. The maximum atomic E-state index is 11.9. The van der Waals surface area contributed by atoms with Crippen LogP contribution >= 0.6 is 0 Å². The Bertz CT molecular complexity index is 416. The lowest BCUT2D eigenvalue weighted by atomic mass is 10.2. The molecule has 0 saturated carbocycles. The fourth-order valence-corrected chi connectivity index (χ4v) is 1.73.